The number of benzene rings is 2. The topological polar surface area (TPSA) is 70.7 Å². The average molecular weight is 410 g/mol. The Hall–Kier alpha value is -3.02. The van der Waals surface area contributed by atoms with Crippen molar-refractivity contribution >= 4 is 17.6 Å². The number of likely N-dealkylation sites (tertiary alicyclic amines) is 1. The van der Waals surface area contributed by atoms with Gasteiger partial charge in [0.1, 0.15) is 5.75 Å². The highest BCUT2D eigenvalue weighted by Crippen LogP contribution is 2.34. The SMILES string of the molecule is CCCCNC(=O)N1CC(C(=O)Nc2ccc(OC)cc2)CCC1c1ccccc1. The summed E-state index contributed by atoms with van der Waals surface area (Å²) in [6, 6.07) is 17.2. The Bertz CT molecular complexity index is 823. The number of carbonyl (C=O) groups excluding carboxylic acids is 2. The number of methoxy groups -OCH3 is 1. The molecule has 6 nitrogen and oxygen atoms in total. The van der Waals surface area contributed by atoms with E-state index >= 15 is 0 Å². The van der Waals surface area contributed by atoms with Crippen LogP contribution in [0, 0.1) is 5.92 Å². The number of hydrogen-bond donors (Lipinski definition) is 2. The molecule has 1 heterocycles. The lowest BCUT2D eigenvalue weighted by atomic mass is 9.88. The van der Waals surface area contributed by atoms with Crippen molar-refractivity contribution in [3.05, 3.63) is 60.2 Å². The van der Waals surface area contributed by atoms with Crippen LogP contribution >= 0.6 is 0 Å². The molecule has 2 aromatic carbocycles. The number of nitrogens with zero attached hydrogens (tertiary/aromatic N) is 1. The Morgan fingerprint density at radius 2 is 1.80 bits per heavy atom. The van der Waals surface area contributed by atoms with Crippen LogP contribution in [-0.4, -0.2) is 37.0 Å². The van der Waals surface area contributed by atoms with Gasteiger partial charge in [0.25, 0.3) is 0 Å². The second kappa shape index (κ2) is 10.7. The van der Waals surface area contributed by atoms with E-state index in [1.165, 1.54) is 0 Å². The molecule has 2 N–H and O–H groups in total. The molecule has 30 heavy (non-hydrogen) atoms. The van der Waals surface area contributed by atoms with Crippen molar-refractivity contribution in [2.75, 3.05) is 25.5 Å². The van der Waals surface area contributed by atoms with Gasteiger partial charge in [-0.25, -0.2) is 4.79 Å². The standard InChI is InChI=1S/C24H31N3O3/c1-3-4-16-25-24(29)27-17-19(10-15-22(27)18-8-6-5-7-9-18)23(28)26-20-11-13-21(30-2)14-12-20/h5-9,11-14,19,22H,3-4,10,15-17H2,1-2H3,(H,25,29)(H,26,28). The molecule has 0 saturated carbocycles. The lowest BCUT2D eigenvalue weighted by molar-refractivity contribution is -0.121. The van der Waals surface area contributed by atoms with Gasteiger partial charge in [0.05, 0.1) is 19.1 Å². The Morgan fingerprint density at radius 1 is 1.07 bits per heavy atom. The molecule has 1 aliphatic heterocycles. The van der Waals surface area contributed by atoms with Crippen LogP contribution in [0.4, 0.5) is 10.5 Å². The fourth-order valence-corrected chi connectivity index (χ4v) is 3.82. The van der Waals surface area contributed by atoms with Gasteiger partial charge >= 0.3 is 6.03 Å². The Balaban J connectivity index is 1.70. The van der Waals surface area contributed by atoms with Crippen molar-refractivity contribution in [1.29, 1.82) is 0 Å². The van der Waals surface area contributed by atoms with Crippen LogP contribution < -0.4 is 15.4 Å². The normalized spacial score (nSPS) is 18.5. The lowest BCUT2D eigenvalue weighted by Crippen LogP contribution is -2.49. The van der Waals surface area contributed by atoms with Crippen molar-refractivity contribution in [3.8, 4) is 5.75 Å². The van der Waals surface area contributed by atoms with E-state index in [9.17, 15) is 9.59 Å². The molecule has 0 aromatic heterocycles. The number of unbranched alkanes of at least 4 members (excludes halogenated alkanes) is 1. The third-order valence-electron chi connectivity index (χ3n) is 5.56. The summed E-state index contributed by atoms with van der Waals surface area (Å²) in [6.45, 7) is 3.15. The summed E-state index contributed by atoms with van der Waals surface area (Å²) in [5, 5.41) is 5.99. The van der Waals surface area contributed by atoms with Crippen molar-refractivity contribution in [2.45, 2.75) is 38.6 Å². The first-order valence-electron chi connectivity index (χ1n) is 10.7. The minimum atomic E-state index is -0.246. The number of hydrogen-bond acceptors (Lipinski definition) is 3. The second-order valence-electron chi connectivity index (χ2n) is 7.66. The molecule has 1 saturated heterocycles. The number of anilines is 1. The molecule has 0 bridgehead atoms. The van der Waals surface area contributed by atoms with E-state index in [-0.39, 0.29) is 23.9 Å². The number of nitrogens with one attached hydrogen (secondary N) is 2. The summed E-state index contributed by atoms with van der Waals surface area (Å²) in [5.41, 5.74) is 1.84. The number of piperidine rings is 1. The van der Waals surface area contributed by atoms with E-state index < -0.39 is 0 Å². The Labute approximate surface area is 178 Å². The summed E-state index contributed by atoms with van der Waals surface area (Å²) in [5.74, 6) is 0.438. The highest BCUT2D eigenvalue weighted by atomic mass is 16.5. The number of ether oxygens (including phenoxy) is 1. The highest BCUT2D eigenvalue weighted by Gasteiger charge is 2.35. The zero-order valence-electron chi connectivity index (χ0n) is 17.8. The van der Waals surface area contributed by atoms with E-state index in [0.29, 0.717) is 13.1 Å². The molecule has 0 aliphatic carbocycles. The van der Waals surface area contributed by atoms with Gasteiger partial charge in [0.2, 0.25) is 5.91 Å². The fraction of sp³-hybridized carbons (Fsp3) is 0.417. The van der Waals surface area contributed by atoms with E-state index in [1.54, 1.807) is 7.11 Å². The van der Waals surface area contributed by atoms with Gasteiger partial charge in [-0.1, -0.05) is 43.7 Å². The van der Waals surface area contributed by atoms with Gasteiger partial charge in [-0.3, -0.25) is 4.79 Å². The molecule has 3 amide bonds. The zero-order chi connectivity index (χ0) is 21.3. The van der Waals surface area contributed by atoms with Crippen molar-refractivity contribution in [1.82, 2.24) is 10.2 Å². The quantitative estimate of drug-likeness (QED) is 0.657. The van der Waals surface area contributed by atoms with Crippen LogP contribution in [0.3, 0.4) is 0 Å². The smallest absolute Gasteiger partial charge is 0.317 e. The van der Waals surface area contributed by atoms with Gasteiger partial charge in [0.15, 0.2) is 0 Å². The molecular weight excluding hydrogens is 378 g/mol. The summed E-state index contributed by atoms with van der Waals surface area (Å²) in [4.78, 5) is 27.6. The molecule has 2 aromatic rings. The minimum absolute atomic E-state index is 0.0159. The molecule has 1 fully saturated rings. The first kappa shape index (κ1) is 21.7. The summed E-state index contributed by atoms with van der Waals surface area (Å²) in [6.07, 6.45) is 3.46. The molecule has 160 valence electrons. The first-order valence-corrected chi connectivity index (χ1v) is 10.7. The molecule has 6 heteroatoms. The van der Waals surface area contributed by atoms with Gasteiger partial charge in [-0.15, -0.1) is 0 Å². The number of amides is 3. The zero-order valence-corrected chi connectivity index (χ0v) is 17.8. The molecule has 2 atom stereocenters. The lowest BCUT2D eigenvalue weighted by Gasteiger charge is -2.39. The van der Waals surface area contributed by atoms with Crippen molar-refractivity contribution in [3.63, 3.8) is 0 Å². The van der Waals surface area contributed by atoms with Gasteiger partial charge in [0, 0.05) is 18.8 Å². The maximum absolute atomic E-state index is 12.9. The highest BCUT2D eigenvalue weighted by molar-refractivity contribution is 5.93. The Morgan fingerprint density at radius 3 is 2.47 bits per heavy atom. The maximum Gasteiger partial charge on any atom is 0.317 e. The number of carbonyl (C=O) groups is 2. The third kappa shape index (κ3) is 5.53. The molecular formula is C24H31N3O3. The van der Waals surface area contributed by atoms with E-state index in [1.807, 2.05) is 47.4 Å². The summed E-state index contributed by atoms with van der Waals surface area (Å²) in [7, 11) is 1.61. The number of rotatable bonds is 7. The van der Waals surface area contributed by atoms with Crippen molar-refractivity contribution in [2.24, 2.45) is 5.92 Å². The van der Waals surface area contributed by atoms with E-state index in [2.05, 4.69) is 29.7 Å². The predicted molar refractivity (Wildman–Crippen MR) is 119 cm³/mol. The van der Waals surface area contributed by atoms with E-state index in [4.69, 9.17) is 4.74 Å². The second-order valence-corrected chi connectivity index (χ2v) is 7.66. The molecule has 1 aliphatic rings. The fourth-order valence-electron chi connectivity index (χ4n) is 3.82. The predicted octanol–water partition coefficient (Wildman–Crippen LogP) is 4.60. The third-order valence-corrected chi connectivity index (χ3v) is 5.56. The monoisotopic (exact) mass is 409 g/mol. The first-order chi connectivity index (χ1) is 14.6. The Kier molecular flexibility index (Phi) is 7.71. The van der Waals surface area contributed by atoms with Crippen LogP contribution in [0.1, 0.15) is 44.2 Å². The van der Waals surface area contributed by atoms with Gasteiger partial charge in [-0.2, -0.15) is 0 Å². The molecule has 2 unspecified atom stereocenters. The van der Waals surface area contributed by atoms with E-state index in [0.717, 1.165) is 42.7 Å². The summed E-state index contributed by atoms with van der Waals surface area (Å²) >= 11 is 0. The maximum atomic E-state index is 12.9. The number of urea groups is 1. The minimum Gasteiger partial charge on any atom is -0.497 e. The summed E-state index contributed by atoms with van der Waals surface area (Å²) < 4.78 is 5.16. The van der Waals surface area contributed by atoms with Crippen LogP contribution in [-0.2, 0) is 4.79 Å². The largest absolute Gasteiger partial charge is 0.497 e. The van der Waals surface area contributed by atoms with Gasteiger partial charge < -0.3 is 20.3 Å². The average Bonchev–Trinajstić information content (AvgIpc) is 2.80. The van der Waals surface area contributed by atoms with Gasteiger partial charge in [-0.05, 0) is 49.1 Å². The van der Waals surface area contributed by atoms with Crippen molar-refractivity contribution < 1.29 is 14.3 Å². The van der Waals surface area contributed by atoms with Crippen LogP contribution in [0.15, 0.2) is 54.6 Å². The molecule has 0 spiro atoms. The van der Waals surface area contributed by atoms with Crippen LogP contribution in [0.25, 0.3) is 0 Å². The van der Waals surface area contributed by atoms with Crippen LogP contribution in [0.2, 0.25) is 0 Å². The molecule has 0 radical (unpaired) electrons. The molecule has 3 rings (SSSR count). The van der Waals surface area contributed by atoms with Crippen LogP contribution in [0.5, 0.6) is 5.75 Å².